The van der Waals surface area contributed by atoms with Crippen LogP contribution in [0.4, 0.5) is 0 Å². The van der Waals surface area contributed by atoms with Gasteiger partial charge in [-0.15, -0.1) is 0 Å². The number of nitrogens with one attached hydrogen (secondary N) is 1. The summed E-state index contributed by atoms with van der Waals surface area (Å²) in [5.74, 6) is 0. The summed E-state index contributed by atoms with van der Waals surface area (Å²) in [5.41, 5.74) is -1.77. The van der Waals surface area contributed by atoms with E-state index in [1.807, 2.05) is 4.98 Å². The molecule has 2 unspecified atom stereocenters. The monoisotopic (exact) mass is 596 g/mol. The first kappa shape index (κ1) is 31.1. The number of aliphatic hydroxyl groups excluding tert-OH is 7. The van der Waals surface area contributed by atoms with E-state index >= 15 is 0 Å². The molecule has 10 N–H and O–H groups in total. The first-order valence-electron chi connectivity index (χ1n) is 10.6. The van der Waals surface area contributed by atoms with Gasteiger partial charge in [-0.05, 0) is 0 Å². The molecule has 3 heterocycles. The highest BCUT2D eigenvalue weighted by molar-refractivity contribution is 7.61. The van der Waals surface area contributed by atoms with Crippen molar-refractivity contribution in [2.75, 3.05) is 13.2 Å². The Kier molecular flexibility index (Phi) is 9.81. The molecule has 2 saturated heterocycles. The third kappa shape index (κ3) is 7.01. The minimum atomic E-state index is -5.68. The average Bonchev–Trinajstić information content (AvgIpc) is 3.10. The van der Waals surface area contributed by atoms with Crippen LogP contribution in [0.1, 0.15) is 6.23 Å². The fourth-order valence-corrected chi connectivity index (χ4v) is 5.74. The molecule has 3 rings (SSSR count). The highest BCUT2D eigenvalue weighted by Gasteiger charge is 2.51. The zero-order chi connectivity index (χ0) is 28.6. The number of nitrogens with zero attached hydrogens (tertiary/aromatic N) is 1. The van der Waals surface area contributed by atoms with Crippen molar-refractivity contribution in [3.63, 3.8) is 0 Å². The second-order valence-electron chi connectivity index (χ2n) is 8.17. The SMILES string of the molecule is O=c1ccn([C@@H]2O[C@H](COP(=O)(O)OP(=O)(O)O[C@@H]3O[C@H]([C@H](O)CO)[C@@H](O)[C@H](O)[C@@H]3O)[C@@H](O)[C@H]2O)c(=O)[nH]1. The van der Waals surface area contributed by atoms with Gasteiger partial charge in [0.05, 0.1) is 13.2 Å². The topological polar surface area (TPSA) is 317 Å². The summed E-state index contributed by atoms with van der Waals surface area (Å²) in [4.78, 5) is 44.7. The lowest BCUT2D eigenvalue weighted by Crippen LogP contribution is -2.61. The molecule has 1 aromatic rings. The summed E-state index contributed by atoms with van der Waals surface area (Å²) in [6.07, 6.45) is -18.1. The van der Waals surface area contributed by atoms with E-state index in [1.165, 1.54) is 0 Å². The smallest absolute Gasteiger partial charge is 0.394 e. The van der Waals surface area contributed by atoms with Gasteiger partial charge >= 0.3 is 21.3 Å². The Morgan fingerprint density at radius 1 is 0.974 bits per heavy atom. The van der Waals surface area contributed by atoms with Crippen LogP contribution in [0.5, 0.6) is 0 Å². The average molecular weight is 596 g/mol. The van der Waals surface area contributed by atoms with Gasteiger partial charge in [0.15, 0.2) is 12.5 Å². The molecule has 0 bridgehead atoms. The highest BCUT2D eigenvalue weighted by Crippen LogP contribution is 2.61. The molecule has 0 spiro atoms. The van der Waals surface area contributed by atoms with Crippen molar-refractivity contribution in [1.82, 2.24) is 9.55 Å². The lowest BCUT2D eigenvalue weighted by molar-refractivity contribution is -0.292. The molecule has 22 heteroatoms. The summed E-state index contributed by atoms with van der Waals surface area (Å²) in [7, 11) is -11.2. The Bertz CT molecular complexity index is 1180. The minimum Gasteiger partial charge on any atom is -0.394 e. The highest BCUT2D eigenvalue weighted by atomic mass is 31.3. The van der Waals surface area contributed by atoms with Crippen molar-refractivity contribution < 1.29 is 77.5 Å². The number of phosphoric acid groups is 2. The van der Waals surface area contributed by atoms with Gasteiger partial charge in [-0.2, -0.15) is 4.31 Å². The van der Waals surface area contributed by atoms with Crippen LogP contribution in [-0.2, 0) is 32.0 Å². The van der Waals surface area contributed by atoms with Crippen LogP contribution in [0.3, 0.4) is 0 Å². The molecule has 218 valence electrons. The molecule has 0 amide bonds. The maximum atomic E-state index is 12.3. The van der Waals surface area contributed by atoms with E-state index in [9.17, 15) is 59.1 Å². The predicted octanol–water partition coefficient (Wildman–Crippen LogP) is -5.43. The van der Waals surface area contributed by atoms with Crippen molar-refractivity contribution in [3.05, 3.63) is 33.1 Å². The molecule has 2 aliphatic heterocycles. The number of H-pyrrole nitrogens is 1. The zero-order valence-electron chi connectivity index (χ0n) is 18.9. The number of rotatable bonds is 10. The van der Waals surface area contributed by atoms with E-state index in [-0.39, 0.29) is 0 Å². The van der Waals surface area contributed by atoms with Crippen LogP contribution in [0.25, 0.3) is 0 Å². The second kappa shape index (κ2) is 12.0. The number of aromatic amines is 1. The number of hydrogen-bond acceptors (Lipinski definition) is 16. The summed E-state index contributed by atoms with van der Waals surface area (Å²) in [5, 5.41) is 68.6. The van der Waals surface area contributed by atoms with Gasteiger partial charge in [0.25, 0.3) is 5.56 Å². The molecular weight excluding hydrogens is 570 g/mol. The van der Waals surface area contributed by atoms with Crippen molar-refractivity contribution >= 4 is 15.6 Å². The van der Waals surface area contributed by atoms with Crippen molar-refractivity contribution in [1.29, 1.82) is 0 Å². The lowest BCUT2D eigenvalue weighted by atomic mass is 9.96. The third-order valence-corrected chi connectivity index (χ3v) is 8.08. The standard InChI is InChI=1S/C16H26N2O18P2/c19-3-5(20)13-10(24)9(23)12(26)15(34-13)35-38(30,31)36-37(28,29)32-4-6-8(22)11(25)14(33-6)18-2-1-7(21)17-16(18)27/h1-2,5-6,8-15,19-20,22-26H,3-4H2,(H,28,29)(H,30,31)(H,17,21,27)/t5-,6-,8-,9+,10+,11-,12+,13-,14-,15+/m1/s1. The quantitative estimate of drug-likeness (QED) is 0.113. The molecule has 2 fully saturated rings. The Morgan fingerprint density at radius 3 is 2.24 bits per heavy atom. The van der Waals surface area contributed by atoms with E-state index < -0.39 is 101 Å². The minimum absolute atomic E-state index is 0.710. The summed E-state index contributed by atoms with van der Waals surface area (Å²) < 4.78 is 48.3. The molecular formula is C16H26N2O18P2. The van der Waals surface area contributed by atoms with E-state index in [4.69, 9.17) is 14.6 Å². The summed E-state index contributed by atoms with van der Waals surface area (Å²) in [6.45, 7) is -2.05. The van der Waals surface area contributed by atoms with Crippen molar-refractivity contribution in [3.8, 4) is 0 Å². The van der Waals surface area contributed by atoms with Crippen LogP contribution < -0.4 is 11.2 Å². The molecule has 38 heavy (non-hydrogen) atoms. The van der Waals surface area contributed by atoms with Gasteiger partial charge in [-0.3, -0.25) is 23.4 Å². The Hall–Kier alpha value is -1.42. The molecule has 0 radical (unpaired) electrons. The van der Waals surface area contributed by atoms with Gasteiger partial charge in [-0.1, -0.05) is 0 Å². The van der Waals surface area contributed by atoms with Crippen LogP contribution in [0, 0.1) is 0 Å². The van der Waals surface area contributed by atoms with E-state index in [1.54, 1.807) is 0 Å². The second-order valence-corrected chi connectivity index (χ2v) is 11.2. The van der Waals surface area contributed by atoms with E-state index in [0.29, 0.717) is 4.57 Å². The third-order valence-electron chi connectivity index (χ3n) is 5.48. The first-order chi connectivity index (χ1) is 17.6. The Labute approximate surface area is 211 Å². The van der Waals surface area contributed by atoms with E-state index in [0.717, 1.165) is 12.3 Å². The maximum absolute atomic E-state index is 12.3. The van der Waals surface area contributed by atoms with Gasteiger partial charge < -0.3 is 55.0 Å². The molecule has 0 aliphatic carbocycles. The number of phosphoric ester groups is 2. The van der Waals surface area contributed by atoms with Crippen LogP contribution in [0.15, 0.2) is 21.9 Å². The first-order valence-corrected chi connectivity index (χ1v) is 13.6. The fraction of sp³-hybridized carbons (Fsp3) is 0.750. The molecule has 20 nitrogen and oxygen atoms in total. The van der Waals surface area contributed by atoms with Gasteiger partial charge in [0.2, 0.25) is 0 Å². The molecule has 0 aromatic carbocycles. The number of hydrogen-bond donors (Lipinski definition) is 10. The maximum Gasteiger partial charge on any atom is 0.483 e. The molecule has 0 saturated carbocycles. The Balaban J connectivity index is 1.62. The fourth-order valence-electron chi connectivity index (χ4n) is 3.58. The number of aliphatic hydroxyl groups is 7. The summed E-state index contributed by atoms with van der Waals surface area (Å²) >= 11 is 0. The van der Waals surface area contributed by atoms with E-state index in [2.05, 4.69) is 13.4 Å². The summed E-state index contributed by atoms with van der Waals surface area (Å²) in [6, 6.07) is 0.918. The zero-order valence-corrected chi connectivity index (χ0v) is 20.7. The van der Waals surface area contributed by atoms with Crippen molar-refractivity contribution in [2.24, 2.45) is 0 Å². The van der Waals surface area contributed by atoms with Gasteiger partial charge in [0.1, 0.15) is 48.8 Å². The van der Waals surface area contributed by atoms with Crippen LogP contribution in [-0.4, -0.2) is 123 Å². The predicted molar refractivity (Wildman–Crippen MR) is 115 cm³/mol. The number of ether oxygens (including phenoxy) is 2. The largest absolute Gasteiger partial charge is 0.483 e. The van der Waals surface area contributed by atoms with Crippen LogP contribution in [0.2, 0.25) is 0 Å². The van der Waals surface area contributed by atoms with Crippen LogP contribution >= 0.6 is 15.6 Å². The van der Waals surface area contributed by atoms with Crippen molar-refractivity contribution in [2.45, 2.75) is 61.3 Å². The molecule has 1 aromatic heterocycles. The van der Waals surface area contributed by atoms with Gasteiger partial charge in [-0.25, -0.2) is 13.9 Å². The lowest BCUT2D eigenvalue weighted by Gasteiger charge is -2.41. The Morgan fingerprint density at radius 2 is 1.63 bits per heavy atom. The normalized spacial score (nSPS) is 37.9. The molecule has 12 atom stereocenters. The van der Waals surface area contributed by atoms with Gasteiger partial charge in [0, 0.05) is 12.3 Å². The molecule has 2 aliphatic rings. The number of aromatic nitrogens is 2.